The maximum Gasteiger partial charge on any atom is 0.124 e. The van der Waals surface area contributed by atoms with Gasteiger partial charge in [-0.25, -0.2) is 4.39 Å². The van der Waals surface area contributed by atoms with Crippen LogP contribution in [0.2, 0.25) is 0 Å². The molecular weight excluding hydrogens is 243 g/mol. The quantitative estimate of drug-likeness (QED) is 0.899. The van der Waals surface area contributed by atoms with Gasteiger partial charge in [0.2, 0.25) is 0 Å². The van der Waals surface area contributed by atoms with Crippen molar-refractivity contribution in [2.75, 3.05) is 18.5 Å². The van der Waals surface area contributed by atoms with Gasteiger partial charge in [-0.05, 0) is 44.0 Å². The second kappa shape index (κ2) is 5.13. The molecule has 0 spiro atoms. The zero-order chi connectivity index (χ0) is 13.2. The van der Waals surface area contributed by atoms with Gasteiger partial charge >= 0.3 is 0 Å². The van der Waals surface area contributed by atoms with Crippen molar-refractivity contribution in [3.05, 3.63) is 35.8 Å². The standard InChI is InChI=1S/C15H17FN2O/c1-10-7-15(18-12-3-2-6-19-9-12)13-8-11(16)4-5-14(13)17-10/h4-5,7-8,12H,2-3,6,9H2,1H3,(H,17,18)/t12-/m0/s1. The molecule has 1 aliphatic rings. The van der Waals surface area contributed by atoms with Gasteiger partial charge in [-0.2, -0.15) is 0 Å². The summed E-state index contributed by atoms with van der Waals surface area (Å²) in [4.78, 5) is 4.43. The Morgan fingerprint density at radius 2 is 2.26 bits per heavy atom. The fourth-order valence-electron chi connectivity index (χ4n) is 2.52. The van der Waals surface area contributed by atoms with Gasteiger partial charge in [0.05, 0.1) is 12.1 Å². The molecule has 0 unspecified atom stereocenters. The molecule has 0 radical (unpaired) electrons. The first-order chi connectivity index (χ1) is 9.22. The molecule has 1 atom stereocenters. The zero-order valence-electron chi connectivity index (χ0n) is 10.9. The molecule has 4 heteroatoms. The van der Waals surface area contributed by atoms with Gasteiger partial charge in [0, 0.05) is 29.4 Å². The summed E-state index contributed by atoms with van der Waals surface area (Å²) in [6.07, 6.45) is 2.15. The maximum absolute atomic E-state index is 13.4. The Morgan fingerprint density at radius 3 is 3.05 bits per heavy atom. The molecule has 2 heterocycles. The van der Waals surface area contributed by atoms with Crippen molar-refractivity contribution in [2.24, 2.45) is 0 Å². The first kappa shape index (κ1) is 12.4. The van der Waals surface area contributed by atoms with Crippen molar-refractivity contribution in [1.29, 1.82) is 0 Å². The van der Waals surface area contributed by atoms with Gasteiger partial charge in [-0.3, -0.25) is 4.98 Å². The lowest BCUT2D eigenvalue weighted by Gasteiger charge is -2.25. The highest BCUT2D eigenvalue weighted by Gasteiger charge is 2.15. The number of aryl methyl sites for hydroxylation is 1. The Labute approximate surface area is 111 Å². The van der Waals surface area contributed by atoms with Gasteiger partial charge < -0.3 is 10.1 Å². The number of nitrogens with one attached hydrogen (secondary N) is 1. The van der Waals surface area contributed by atoms with Crippen molar-refractivity contribution in [3.8, 4) is 0 Å². The van der Waals surface area contributed by atoms with Crippen LogP contribution in [-0.2, 0) is 4.74 Å². The predicted molar refractivity (Wildman–Crippen MR) is 73.9 cm³/mol. The summed E-state index contributed by atoms with van der Waals surface area (Å²) in [5, 5.41) is 4.29. The van der Waals surface area contributed by atoms with Crippen LogP contribution in [0, 0.1) is 12.7 Å². The van der Waals surface area contributed by atoms with Crippen LogP contribution in [0.3, 0.4) is 0 Å². The number of nitrogens with zero attached hydrogens (tertiary/aromatic N) is 1. The molecule has 2 aromatic rings. The minimum atomic E-state index is -0.235. The lowest BCUT2D eigenvalue weighted by atomic mass is 10.1. The number of hydrogen-bond acceptors (Lipinski definition) is 3. The number of aromatic nitrogens is 1. The SMILES string of the molecule is Cc1cc(N[C@H]2CCCOC2)c2cc(F)ccc2n1. The molecule has 19 heavy (non-hydrogen) atoms. The highest BCUT2D eigenvalue weighted by molar-refractivity contribution is 5.91. The number of ether oxygens (including phenoxy) is 1. The summed E-state index contributed by atoms with van der Waals surface area (Å²) in [7, 11) is 0. The lowest BCUT2D eigenvalue weighted by Crippen LogP contribution is -2.30. The van der Waals surface area contributed by atoms with E-state index in [2.05, 4.69) is 10.3 Å². The molecule has 100 valence electrons. The number of fused-ring (bicyclic) bond motifs is 1. The maximum atomic E-state index is 13.4. The van der Waals surface area contributed by atoms with Gasteiger partial charge in [0.25, 0.3) is 0 Å². The van der Waals surface area contributed by atoms with Gasteiger partial charge in [0.15, 0.2) is 0 Å². The van der Waals surface area contributed by atoms with Crippen LogP contribution in [0.5, 0.6) is 0 Å². The van der Waals surface area contributed by atoms with E-state index in [1.54, 1.807) is 6.07 Å². The minimum Gasteiger partial charge on any atom is -0.379 e. The van der Waals surface area contributed by atoms with Crippen molar-refractivity contribution in [3.63, 3.8) is 0 Å². The van der Waals surface area contributed by atoms with Crippen LogP contribution in [0.15, 0.2) is 24.3 Å². The summed E-state index contributed by atoms with van der Waals surface area (Å²) < 4.78 is 18.9. The number of benzene rings is 1. The largest absolute Gasteiger partial charge is 0.379 e. The molecule has 3 rings (SSSR count). The first-order valence-corrected chi connectivity index (χ1v) is 6.63. The molecule has 1 fully saturated rings. The summed E-state index contributed by atoms with van der Waals surface area (Å²) in [5.41, 5.74) is 2.69. The topological polar surface area (TPSA) is 34.1 Å². The van der Waals surface area contributed by atoms with Crippen LogP contribution < -0.4 is 5.32 Å². The second-order valence-electron chi connectivity index (χ2n) is 5.03. The van der Waals surface area contributed by atoms with E-state index in [1.165, 1.54) is 12.1 Å². The lowest BCUT2D eigenvalue weighted by molar-refractivity contribution is 0.0876. The number of rotatable bonds is 2. The Balaban J connectivity index is 1.98. The minimum absolute atomic E-state index is 0.235. The summed E-state index contributed by atoms with van der Waals surface area (Å²) in [6, 6.07) is 6.97. The molecule has 0 aliphatic carbocycles. The third-order valence-electron chi connectivity index (χ3n) is 3.42. The van der Waals surface area contributed by atoms with Crippen LogP contribution in [0.4, 0.5) is 10.1 Å². The first-order valence-electron chi connectivity index (χ1n) is 6.63. The highest BCUT2D eigenvalue weighted by atomic mass is 19.1. The monoisotopic (exact) mass is 260 g/mol. The Kier molecular flexibility index (Phi) is 3.34. The molecule has 1 N–H and O–H groups in total. The molecular formula is C15H17FN2O. The van der Waals surface area contributed by atoms with Crippen molar-refractivity contribution in [2.45, 2.75) is 25.8 Å². The molecule has 3 nitrogen and oxygen atoms in total. The molecule has 1 saturated heterocycles. The van der Waals surface area contributed by atoms with E-state index in [9.17, 15) is 4.39 Å². The highest BCUT2D eigenvalue weighted by Crippen LogP contribution is 2.25. The van der Waals surface area contributed by atoms with E-state index in [-0.39, 0.29) is 5.82 Å². The Hall–Kier alpha value is -1.68. The fourth-order valence-corrected chi connectivity index (χ4v) is 2.52. The third kappa shape index (κ3) is 2.68. The average Bonchev–Trinajstić information content (AvgIpc) is 2.41. The van der Waals surface area contributed by atoms with Gasteiger partial charge in [-0.15, -0.1) is 0 Å². The normalized spacial score (nSPS) is 19.6. The van der Waals surface area contributed by atoms with E-state index in [1.807, 2.05) is 13.0 Å². The van der Waals surface area contributed by atoms with Crippen molar-refractivity contribution >= 4 is 16.6 Å². The molecule has 0 amide bonds. The number of anilines is 1. The van der Waals surface area contributed by atoms with Crippen LogP contribution >= 0.6 is 0 Å². The molecule has 1 aromatic carbocycles. The zero-order valence-corrected chi connectivity index (χ0v) is 10.9. The van der Waals surface area contributed by atoms with E-state index in [0.29, 0.717) is 12.6 Å². The predicted octanol–water partition coefficient (Wildman–Crippen LogP) is 3.27. The Morgan fingerprint density at radius 1 is 1.37 bits per heavy atom. The molecule has 1 aliphatic heterocycles. The van der Waals surface area contributed by atoms with E-state index < -0.39 is 0 Å². The molecule has 0 saturated carbocycles. The van der Waals surface area contributed by atoms with E-state index >= 15 is 0 Å². The van der Waals surface area contributed by atoms with Crippen LogP contribution in [0.25, 0.3) is 10.9 Å². The summed E-state index contributed by atoms with van der Waals surface area (Å²) >= 11 is 0. The Bertz CT molecular complexity index is 594. The molecule has 0 bridgehead atoms. The second-order valence-corrected chi connectivity index (χ2v) is 5.03. The van der Waals surface area contributed by atoms with E-state index in [0.717, 1.165) is 41.7 Å². The number of pyridine rings is 1. The number of hydrogen-bond donors (Lipinski definition) is 1. The van der Waals surface area contributed by atoms with Crippen LogP contribution in [-0.4, -0.2) is 24.2 Å². The van der Waals surface area contributed by atoms with Crippen molar-refractivity contribution < 1.29 is 9.13 Å². The summed E-state index contributed by atoms with van der Waals surface area (Å²) in [5.74, 6) is -0.235. The van der Waals surface area contributed by atoms with Gasteiger partial charge in [-0.1, -0.05) is 0 Å². The summed E-state index contributed by atoms with van der Waals surface area (Å²) in [6.45, 7) is 3.49. The number of halogens is 1. The fraction of sp³-hybridized carbons (Fsp3) is 0.400. The van der Waals surface area contributed by atoms with Crippen molar-refractivity contribution in [1.82, 2.24) is 4.98 Å². The van der Waals surface area contributed by atoms with Crippen LogP contribution in [0.1, 0.15) is 18.5 Å². The average molecular weight is 260 g/mol. The smallest absolute Gasteiger partial charge is 0.124 e. The third-order valence-corrected chi connectivity index (χ3v) is 3.42. The van der Waals surface area contributed by atoms with E-state index in [4.69, 9.17) is 4.74 Å². The molecule has 1 aromatic heterocycles. The van der Waals surface area contributed by atoms with Gasteiger partial charge in [0.1, 0.15) is 5.82 Å².